The summed E-state index contributed by atoms with van der Waals surface area (Å²) in [7, 11) is 3.72. The summed E-state index contributed by atoms with van der Waals surface area (Å²) < 4.78 is 0.731. The van der Waals surface area contributed by atoms with Crippen LogP contribution in [0.15, 0.2) is 21.6 Å². The maximum absolute atomic E-state index is 8.89. The summed E-state index contributed by atoms with van der Waals surface area (Å²) in [5.74, 6) is 0. The van der Waals surface area contributed by atoms with Gasteiger partial charge in [-0.25, -0.2) is 4.99 Å². The van der Waals surface area contributed by atoms with E-state index in [1.807, 2.05) is 20.2 Å². The van der Waals surface area contributed by atoms with Crippen molar-refractivity contribution in [2.45, 2.75) is 0 Å². The first-order valence-electron chi connectivity index (χ1n) is 4.14. The molecule has 0 atom stereocenters. The average molecular weight is 287 g/mol. The van der Waals surface area contributed by atoms with Crippen molar-refractivity contribution < 1.29 is 0 Å². The minimum atomic E-state index is 0.460. The van der Waals surface area contributed by atoms with E-state index < -0.39 is 0 Å². The van der Waals surface area contributed by atoms with Crippen molar-refractivity contribution in [3.05, 3.63) is 27.2 Å². The number of rotatable bonds is 2. The van der Waals surface area contributed by atoms with E-state index in [1.54, 1.807) is 23.4 Å². The van der Waals surface area contributed by atoms with E-state index >= 15 is 0 Å². The number of halogens is 2. The van der Waals surface area contributed by atoms with Gasteiger partial charge in [-0.15, -0.1) is 0 Å². The molecule has 0 aliphatic carbocycles. The Bertz CT molecular complexity index is 435. The molecule has 0 saturated carbocycles. The molecule has 0 amide bonds. The van der Waals surface area contributed by atoms with Crippen molar-refractivity contribution in [2.24, 2.45) is 4.99 Å². The molecule has 0 unspecified atom stereocenters. The van der Waals surface area contributed by atoms with Crippen LogP contribution >= 0.6 is 27.5 Å². The number of nitrogens with zero attached hydrogens (tertiary/aromatic N) is 3. The molecule has 0 spiro atoms. The molecular weight excluding hydrogens is 277 g/mol. The van der Waals surface area contributed by atoms with Crippen LogP contribution in [0, 0.1) is 11.3 Å². The van der Waals surface area contributed by atoms with Crippen LogP contribution in [0.25, 0.3) is 0 Å². The number of hydrogen-bond acceptors (Lipinski definition) is 2. The minimum absolute atomic E-state index is 0.460. The highest BCUT2D eigenvalue weighted by molar-refractivity contribution is 9.10. The molecule has 0 fully saturated rings. The molecule has 0 bridgehead atoms. The summed E-state index contributed by atoms with van der Waals surface area (Å²) in [6, 6.07) is 5.36. The Balaban J connectivity index is 3.18. The fourth-order valence-corrected chi connectivity index (χ4v) is 1.41. The van der Waals surface area contributed by atoms with Crippen LogP contribution in [0.1, 0.15) is 5.56 Å². The van der Waals surface area contributed by atoms with Gasteiger partial charge in [0.1, 0.15) is 6.07 Å². The lowest BCUT2D eigenvalue weighted by Crippen LogP contribution is -2.07. The zero-order valence-corrected chi connectivity index (χ0v) is 10.7. The van der Waals surface area contributed by atoms with E-state index in [0.717, 1.165) is 4.47 Å². The monoisotopic (exact) mass is 285 g/mol. The second-order valence-corrected chi connectivity index (χ2v) is 4.36. The van der Waals surface area contributed by atoms with Crippen molar-refractivity contribution in [1.82, 2.24) is 4.90 Å². The lowest BCUT2D eigenvalue weighted by Gasteiger charge is -2.04. The Kier molecular flexibility index (Phi) is 4.13. The summed E-state index contributed by atoms with van der Waals surface area (Å²) in [6.07, 6.45) is 1.64. The predicted molar refractivity (Wildman–Crippen MR) is 65.7 cm³/mol. The van der Waals surface area contributed by atoms with Gasteiger partial charge in [0.15, 0.2) is 0 Å². The number of hydrogen-bond donors (Lipinski definition) is 0. The molecule has 1 aromatic carbocycles. The third kappa shape index (κ3) is 3.22. The molecule has 0 radical (unpaired) electrons. The normalized spacial score (nSPS) is 10.3. The quantitative estimate of drug-likeness (QED) is 0.619. The molecule has 15 heavy (non-hydrogen) atoms. The molecule has 1 aromatic rings. The van der Waals surface area contributed by atoms with E-state index in [0.29, 0.717) is 16.3 Å². The molecular formula is C10H9BrClN3. The molecule has 1 rings (SSSR count). The first kappa shape index (κ1) is 12.0. The predicted octanol–water partition coefficient (Wildman–Crippen LogP) is 3.20. The van der Waals surface area contributed by atoms with E-state index in [-0.39, 0.29) is 0 Å². The van der Waals surface area contributed by atoms with Crippen LogP contribution in [0.5, 0.6) is 0 Å². The van der Waals surface area contributed by atoms with E-state index in [4.69, 9.17) is 16.9 Å². The van der Waals surface area contributed by atoms with Crippen LogP contribution in [-0.2, 0) is 0 Å². The van der Waals surface area contributed by atoms with Crippen LogP contribution < -0.4 is 0 Å². The summed E-state index contributed by atoms with van der Waals surface area (Å²) >= 11 is 9.15. The van der Waals surface area contributed by atoms with E-state index in [9.17, 15) is 0 Å². The Labute approximate surface area is 102 Å². The van der Waals surface area contributed by atoms with Crippen LogP contribution in [0.4, 0.5) is 5.69 Å². The van der Waals surface area contributed by atoms with Gasteiger partial charge in [0, 0.05) is 18.6 Å². The maximum atomic E-state index is 8.89. The standard InChI is InChI=1S/C10H9BrClN3/c1-15(2)6-14-10-4-8(11)9(12)3-7(10)5-13/h3-4,6H,1-2H3. The van der Waals surface area contributed by atoms with Gasteiger partial charge in [-0.1, -0.05) is 11.6 Å². The molecule has 0 aliphatic rings. The molecule has 0 aliphatic heterocycles. The SMILES string of the molecule is CN(C)C=Nc1cc(Br)c(Cl)cc1C#N. The van der Waals surface area contributed by atoms with E-state index in [2.05, 4.69) is 20.9 Å². The Hall–Kier alpha value is -1.05. The zero-order chi connectivity index (χ0) is 11.4. The van der Waals surface area contributed by atoms with Crippen LogP contribution in [0.2, 0.25) is 5.02 Å². The molecule has 3 nitrogen and oxygen atoms in total. The van der Waals surface area contributed by atoms with Gasteiger partial charge < -0.3 is 4.90 Å². The summed E-state index contributed by atoms with van der Waals surface area (Å²) in [5, 5.41) is 9.40. The molecule has 0 aromatic heterocycles. The Morgan fingerprint density at radius 3 is 2.73 bits per heavy atom. The third-order valence-electron chi connectivity index (χ3n) is 1.59. The van der Waals surface area contributed by atoms with Gasteiger partial charge in [0.25, 0.3) is 0 Å². The number of aliphatic imine (C=N–C) groups is 1. The highest BCUT2D eigenvalue weighted by Crippen LogP contribution is 2.30. The van der Waals surface area contributed by atoms with Crippen molar-refractivity contribution >= 4 is 39.6 Å². The first-order valence-corrected chi connectivity index (χ1v) is 5.31. The Morgan fingerprint density at radius 2 is 2.20 bits per heavy atom. The van der Waals surface area contributed by atoms with Crippen molar-refractivity contribution in [1.29, 1.82) is 5.26 Å². The highest BCUT2D eigenvalue weighted by atomic mass is 79.9. The van der Waals surface area contributed by atoms with E-state index in [1.165, 1.54) is 0 Å². The minimum Gasteiger partial charge on any atom is -0.369 e. The second-order valence-electron chi connectivity index (χ2n) is 3.10. The van der Waals surface area contributed by atoms with Gasteiger partial charge >= 0.3 is 0 Å². The topological polar surface area (TPSA) is 39.4 Å². The van der Waals surface area contributed by atoms with Crippen molar-refractivity contribution in [3.63, 3.8) is 0 Å². The largest absolute Gasteiger partial charge is 0.369 e. The van der Waals surface area contributed by atoms with Crippen molar-refractivity contribution in [3.8, 4) is 6.07 Å². The lowest BCUT2D eigenvalue weighted by atomic mass is 10.2. The summed E-state index contributed by atoms with van der Waals surface area (Å²) in [6.45, 7) is 0. The third-order valence-corrected chi connectivity index (χ3v) is 2.78. The van der Waals surface area contributed by atoms with Gasteiger partial charge in [-0.3, -0.25) is 0 Å². The number of benzene rings is 1. The van der Waals surface area contributed by atoms with Crippen LogP contribution in [-0.4, -0.2) is 25.3 Å². The van der Waals surface area contributed by atoms with Gasteiger partial charge in [0.05, 0.1) is 22.6 Å². The fraction of sp³-hybridized carbons (Fsp3) is 0.200. The molecule has 5 heteroatoms. The first-order chi connectivity index (χ1) is 7.04. The summed E-state index contributed by atoms with van der Waals surface area (Å²) in [5.41, 5.74) is 1.06. The highest BCUT2D eigenvalue weighted by Gasteiger charge is 2.05. The molecule has 78 valence electrons. The average Bonchev–Trinajstić information content (AvgIpc) is 2.19. The maximum Gasteiger partial charge on any atom is 0.101 e. The lowest BCUT2D eigenvalue weighted by molar-refractivity contribution is 0.643. The number of nitriles is 1. The van der Waals surface area contributed by atoms with Gasteiger partial charge in [-0.05, 0) is 28.1 Å². The van der Waals surface area contributed by atoms with Gasteiger partial charge in [-0.2, -0.15) is 5.26 Å². The summed E-state index contributed by atoms with van der Waals surface area (Å²) in [4.78, 5) is 5.96. The molecule has 0 saturated heterocycles. The fourth-order valence-electron chi connectivity index (χ4n) is 0.910. The smallest absolute Gasteiger partial charge is 0.101 e. The molecule has 0 N–H and O–H groups in total. The second kappa shape index (κ2) is 5.15. The van der Waals surface area contributed by atoms with Gasteiger partial charge in [0.2, 0.25) is 0 Å². The van der Waals surface area contributed by atoms with Crippen LogP contribution in [0.3, 0.4) is 0 Å². The Morgan fingerprint density at radius 1 is 1.53 bits per heavy atom. The van der Waals surface area contributed by atoms with Crippen molar-refractivity contribution in [2.75, 3.05) is 14.1 Å². The zero-order valence-electron chi connectivity index (χ0n) is 8.33. The molecule has 0 heterocycles.